The third-order valence-electron chi connectivity index (χ3n) is 3.24. The molecule has 1 aliphatic rings. The molecule has 2 N–H and O–H groups in total. The van der Waals surface area contributed by atoms with Crippen molar-refractivity contribution in [1.29, 1.82) is 0 Å². The first-order chi connectivity index (χ1) is 7.75. The van der Waals surface area contributed by atoms with Crippen LogP contribution in [0, 0.1) is 5.92 Å². The number of alkyl halides is 1. The standard InChI is InChI=1S/C13H18FNO/c14-13(11-4-6-15-7-5-11)9-10-2-1-3-12(16)8-10/h1-3,8,11,13,15-16H,4-7,9H2. The van der Waals surface area contributed by atoms with Gasteiger partial charge < -0.3 is 10.4 Å². The van der Waals surface area contributed by atoms with Gasteiger partial charge in [-0.25, -0.2) is 4.39 Å². The molecule has 1 fully saturated rings. The van der Waals surface area contributed by atoms with Crippen LogP contribution in [0.25, 0.3) is 0 Å². The fourth-order valence-corrected chi connectivity index (χ4v) is 2.28. The van der Waals surface area contributed by atoms with Crippen LogP contribution in [0.5, 0.6) is 5.75 Å². The molecule has 0 aromatic heterocycles. The highest BCUT2D eigenvalue weighted by molar-refractivity contribution is 5.27. The second-order valence-electron chi connectivity index (χ2n) is 4.48. The van der Waals surface area contributed by atoms with Crippen molar-refractivity contribution in [3.05, 3.63) is 29.8 Å². The average Bonchev–Trinajstić information content (AvgIpc) is 2.30. The van der Waals surface area contributed by atoms with E-state index in [1.165, 1.54) is 0 Å². The molecular weight excluding hydrogens is 205 g/mol. The molecule has 1 aromatic carbocycles. The zero-order valence-corrected chi connectivity index (χ0v) is 9.32. The van der Waals surface area contributed by atoms with Gasteiger partial charge in [0.15, 0.2) is 0 Å². The second-order valence-corrected chi connectivity index (χ2v) is 4.48. The van der Waals surface area contributed by atoms with Crippen molar-refractivity contribution in [2.45, 2.75) is 25.4 Å². The lowest BCUT2D eigenvalue weighted by molar-refractivity contribution is 0.187. The fraction of sp³-hybridized carbons (Fsp3) is 0.538. The van der Waals surface area contributed by atoms with Crippen molar-refractivity contribution in [2.24, 2.45) is 5.92 Å². The summed E-state index contributed by atoms with van der Waals surface area (Å²) in [6, 6.07) is 6.89. The van der Waals surface area contributed by atoms with Crippen LogP contribution in [-0.2, 0) is 6.42 Å². The largest absolute Gasteiger partial charge is 0.508 e. The number of aromatic hydroxyl groups is 1. The van der Waals surface area contributed by atoms with Crippen molar-refractivity contribution < 1.29 is 9.50 Å². The van der Waals surface area contributed by atoms with Crippen molar-refractivity contribution >= 4 is 0 Å². The number of rotatable bonds is 3. The van der Waals surface area contributed by atoms with E-state index in [0.717, 1.165) is 31.5 Å². The monoisotopic (exact) mass is 223 g/mol. The van der Waals surface area contributed by atoms with Gasteiger partial charge in [-0.15, -0.1) is 0 Å². The van der Waals surface area contributed by atoms with Gasteiger partial charge >= 0.3 is 0 Å². The Kier molecular flexibility index (Phi) is 3.78. The highest BCUT2D eigenvalue weighted by Crippen LogP contribution is 2.23. The Bertz CT molecular complexity index is 336. The number of benzene rings is 1. The van der Waals surface area contributed by atoms with Gasteiger partial charge in [-0.3, -0.25) is 0 Å². The molecule has 1 aliphatic heterocycles. The lowest BCUT2D eigenvalue weighted by atomic mass is 9.89. The molecule has 0 spiro atoms. The molecule has 0 saturated carbocycles. The Labute approximate surface area is 95.5 Å². The summed E-state index contributed by atoms with van der Waals surface area (Å²) in [5.41, 5.74) is 0.881. The molecule has 1 heterocycles. The smallest absolute Gasteiger partial charge is 0.115 e. The van der Waals surface area contributed by atoms with Gasteiger partial charge in [-0.2, -0.15) is 0 Å². The molecule has 3 heteroatoms. The van der Waals surface area contributed by atoms with E-state index < -0.39 is 6.17 Å². The molecule has 0 aliphatic carbocycles. The van der Waals surface area contributed by atoms with Crippen LogP contribution in [0.15, 0.2) is 24.3 Å². The van der Waals surface area contributed by atoms with E-state index in [-0.39, 0.29) is 11.7 Å². The summed E-state index contributed by atoms with van der Waals surface area (Å²) in [6.45, 7) is 1.84. The zero-order valence-electron chi connectivity index (χ0n) is 9.32. The molecule has 1 unspecified atom stereocenters. The van der Waals surface area contributed by atoms with E-state index in [1.54, 1.807) is 18.2 Å². The first-order valence-corrected chi connectivity index (χ1v) is 5.88. The van der Waals surface area contributed by atoms with Crippen LogP contribution in [0.2, 0.25) is 0 Å². The summed E-state index contributed by atoms with van der Waals surface area (Å²) in [4.78, 5) is 0. The highest BCUT2D eigenvalue weighted by atomic mass is 19.1. The Morgan fingerprint density at radius 3 is 2.81 bits per heavy atom. The van der Waals surface area contributed by atoms with Crippen molar-refractivity contribution in [2.75, 3.05) is 13.1 Å². The maximum atomic E-state index is 14.0. The number of halogens is 1. The van der Waals surface area contributed by atoms with Gasteiger partial charge in [0.1, 0.15) is 11.9 Å². The molecule has 0 radical (unpaired) electrons. The first kappa shape index (κ1) is 11.4. The summed E-state index contributed by atoms with van der Waals surface area (Å²) >= 11 is 0. The van der Waals surface area contributed by atoms with Crippen LogP contribution in [0.1, 0.15) is 18.4 Å². The van der Waals surface area contributed by atoms with Crippen molar-refractivity contribution in [1.82, 2.24) is 5.32 Å². The second kappa shape index (κ2) is 5.30. The minimum atomic E-state index is -0.788. The summed E-state index contributed by atoms with van der Waals surface area (Å²) in [5.74, 6) is 0.388. The molecule has 16 heavy (non-hydrogen) atoms. The van der Waals surface area contributed by atoms with E-state index in [4.69, 9.17) is 0 Å². The van der Waals surface area contributed by atoms with Crippen molar-refractivity contribution in [3.8, 4) is 5.75 Å². The number of piperidine rings is 1. The van der Waals surface area contributed by atoms with E-state index >= 15 is 0 Å². The zero-order chi connectivity index (χ0) is 11.4. The van der Waals surface area contributed by atoms with Gasteiger partial charge in [-0.05, 0) is 49.5 Å². The Hall–Kier alpha value is -1.09. The van der Waals surface area contributed by atoms with Crippen LogP contribution >= 0.6 is 0 Å². The van der Waals surface area contributed by atoms with Crippen LogP contribution in [0.3, 0.4) is 0 Å². The molecule has 88 valence electrons. The number of phenols is 1. The number of hydrogen-bond donors (Lipinski definition) is 2. The van der Waals surface area contributed by atoms with E-state index in [1.807, 2.05) is 6.07 Å². The number of nitrogens with one attached hydrogen (secondary N) is 1. The van der Waals surface area contributed by atoms with E-state index in [9.17, 15) is 9.50 Å². The summed E-state index contributed by atoms with van der Waals surface area (Å²) in [6.07, 6.45) is 1.46. The third kappa shape index (κ3) is 2.95. The van der Waals surface area contributed by atoms with Crippen molar-refractivity contribution in [3.63, 3.8) is 0 Å². The number of hydrogen-bond acceptors (Lipinski definition) is 2. The van der Waals surface area contributed by atoms with Gasteiger partial charge in [0, 0.05) is 6.42 Å². The van der Waals surface area contributed by atoms with Crippen LogP contribution < -0.4 is 5.32 Å². The normalized spacial score (nSPS) is 19.6. The molecule has 1 atom stereocenters. The topological polar surface area (TPSA) is 32.3 Å². The molecule has 1 aromatic rings. The summed E-state index contributed by atoms with van der Waals surface area (Å²) in [5, 5.41) is 12.5. The fourth-order valence-electron chi connectivity index (χ4n) is 2.28. The van der Waals surface area contributed by atoms with E-state index in [0.29, 0.717) is 6.42 Å². The molecule has 0 amide bonds. The van der Waals surface area contributed by atoms with Crippen LogP contribution in [-0.4, -0.2) is 24.4 Å². The SMILES string of the molecule is Oc1cccc(CC(F)C2CCNCC2)c1. The Balaban J connectivity index is 1.93. The molecule has 2 rings (SSSR count). The minimum Gasteiger partial charge on any atom is -0.508 e. The summed E-state index contributed by atoms with van der Waals surface area (Å²) < 4.78 is 14.0. The lowest BCUT2D eigenvalue weighted by Crippen LogP contribution is -2.33. The Morgan fingerprint density at radius 2 is 2.12 bits per heavy atom. The maximum absolute atomic E-state index is 14.0. The van der Waals surface area contributed by atoms with Crippen LogP contribution in [0.4, 0.5) is 4.39 Å². The molecule has 0 bridgehead atoms. The average molecular weight is 223 g/mol. The molecule has 1 saturated heterocycles. The minimum absolute atomic E-state index is 0.170. The maximum Gasteiger partial charge on any atom is 0.115 e. The third-order valence-corrected chi connectivity index (χ3v) is 3.24. The predicted octanol–water partition coefficient (Wildman–Crippen LogP) is 2.27. The lowest BCUT2D eigenvalue weighted by Gasteiger charge is -2.25. The Morgan fingerprint density at radius 1 is 1.38 bits per heavy atom. The summed E-state index contributed by atoms with van der Waals surface area (Å²) in [7, 11) is 0. The molecular formula is C13H18FNO. The van der Waals surface area contributed by atoms with Gasteiger partial charge in [0.05, 0.1) is 0 Å². The van der Waals surface area contributed by atoms with E-state index in [2.05, 4.69) is 5.32 Å². The number of phenolic OH excluding ortho intramolecular Hbond substituents is 1. The van der Waals surface area contributed by atoms with Gasteiger partial charge in [0.25, 0.3) is 0 Å². The first-order valence-electron chi connectivity index (χ1n) is 5.88. The van der Waals surface area contributed by atoms with Gasteiger partial charge in [0.2, 0.25) is 0 Å². The highest BCUT2D eigenvalue weighted by Gasteiger charge is 2.23. The quantitative estimate of drug-likeness (QED) is 0.824. The predicted molar refractivity (Wildman–Crippen MR) is 62.3 cm³/mol. The van der Waals surface area contributed by atoms with Gasteiger partial charge in [-0.1, -0.05) is 12.1 Å². The molecule has 2 nitrogen and oxygen atoms in total.